The van der Waals surface area contributed by atoms with Gasteiger partial charge >= 0.3 is 0 Å². The van der Waals surface area contributed by atoms with E-state index in [1.165, 1.54) is 48.7 Å². The predicted molar refractivity (Wildman–Crippen MR) is 207 cm³/mol. The summed E-state index contributed by atoms with van der Waals surface area (Å²) in [5, 5.41) is 0. The van der Waals surface area contributed by atoms with Gasteiger partial charge in [0.15, 0.2) is 5.82 Å². The lowest BCUT2D eigenvalue weighted by molar-refractivity contribution is 0.592. The third-order valence-corrected chi connectivity index (χ3v) is 12.0. The van der Waals surface area contributed by atoms with Crippen molar-refractivity contribution in [1.29, 1.82) is 0 Å². The first-order valence-corrected chi connectivity index (χ1v) is 18.3. The van der Waals surface area contributed by atoms with E-state index in [0.717, 1.165) is 33.9 Å². The Kier molecular flexibility index (Phi) is 7.19. The molecule has 0 fully saturated rings. The molecule has 0 unspecified atom stereocenters. The maximum absolute atomic E-state index is 5.15. The molecule has 1 aliphatic carbocycles. The molecule has 242 valence electrons. The summed E-state index contributed by atoms with van der Waals surface area (Å²) in [7, 11) is 0. The predicted octanol–water partition coefficient (Wildman–Crippen LogP) is 12.1. The molecule has 0 spiro atoms. The van der Waals surface area contributed by atoms with Crippen LogP contribution in [-0.4, -0.2) is 9.97 Å². The molecule has 0 radical (unpaired) electrons. The van der Waals surface area contributed by atoms with E-state index < -0.39 is 0 Å². The highest BCUT2D eigenvalue weighted by Crippen LogP contribution is 2.53. The number of aromatic nitrogens is 2. The molecule has 6 aromatic carbocycles. The summed E-state index contributed by atoms with van der Waals surface area (Å²) in [5.74, 6) is 0.922. The third kappa shape index (κ3) is 4.95. The van der Waals surface area contributed by atoms with Gasteiger partial charge in [0, 0.05) is 43.2 Å². The molecule has 0 saturated carbocycles. The van der Waals surface area contributed by atoms with E-state index in [-0.39, 0.29) is 16.7 Å². The highest BCUT2D eigenvalue weighted by Gasteiger charge is 2.39. The molecule has 2 nitrogen and oxygen atoms in total. The Morgan fingerprint density at radius 3 is 1.50 bits per heavy atom. The molecule has 50 heavy (non-hydrogen) atoms. The number of nitrogens with zero attached hydrogens (tertiary/aromatic N) is 2. The molecule has 9 rings (SSSR count). The minimum Gasteiger partial charge on any atom is -0.228 e. The van der Waals surface area contributed by atoms with Crippen LogP contribution in [0.4, 0.5) is 0 Å². The van der Waals surface area contributed by atoms with Crippen molar-refractivity contribution in [1.82, 2.24) is 9.97 Å². The molecular weight excluding hydrogens is 625 g/mol. The first-order valence-electron chi connectivity index (χ1n) is 17.4. The second-order valence-electron chi connectivity index (χ2n) is 14.6. The average molecular weight is 663 g/mol. The van der Waals surface area contributed by atoms with Crippen molar-refractivity contribution >= 4 is 11.8 Å². The molecule has 0 atom stereocenters. The van der Waals surface area contributed by atoms with Crippen molar-refractivity contribution in [3.05, 3.63) is 191 Å². The van der Waals surface area contributed by atoms with E-state index in [9.17, 15) is 0 Å². The lowest BCUT2D eigenvalue weighted by atomic mass is 9.63. The maximum Gasteiger partial charge on any atom is 0.160 e. The molecule has 2 aliphatic rings. The number of rotatable bonds is 4. The Bertz CT molecular complexity index is 2300. The highest BCUT2D eigenvalue weighted by atomic mass is 32.2. The zero-order valence-electron chi connectivity index (χ0n) is 28.8. The molecule has 1 aromatic heterocycles. The van der Waals surface area contributed by atoms with Gasteiger partial charge in [-0.3, -0.25) is 0 Å². The Labute approximate surface area is 299 Å². The fourth-order valence-corrected chi connectivity index (χ4v) is 9.57. The monoisotopic (exact) mass is 662 g/mol. The Balaban J connectivity index is 1.16. The summed E-state index contributed by atoms with van der Waals surface area (Å²) in [4.78, 5) is 12.9. The van der Waals surface area contributed by atoms with Crippen LogP contribution >= 0.6 is 11.8 Å². The van der Waals surface area contributed by atoms with Crippen molar-refractivity contribution in [2.75, 3.05) is 0 Å². The summed E-state index contributed by atoms with van der Waals surface area (Å²) in [6, 6.07) is 55.0. The number of hydrogen-bond donors (Lipinski definition) is 0. The highest BCUT2D eigenvalue weighted by molar-refractivity contribution is 7.99. The first kappa shape index (κ1) is 30.8. The van der Waals surface area contributed by atoms with Gasteiger partial charge in [0.1, 0.15) is 0 Å². The van der Waals surface area contributed by atoms with Crippen molar-refractivity contribution in [3.8, 4) is 33.9 Å². The minimum absolute atomic E-state index is 0.0530. The Morgan fingerprint density at radius 1 is 0.440 bits per heavy atom. The first-order chi connectivity index (χ1) is 24.3. The SMILES string of the molecule is CC1(C)c2cc(-c3nc(-c4ccccc4)cc(-c4ccccc4)n3)ccc2Sc2ccc(C3c4ccccc4C(C)(C)c4ccccc43)cc21. The van der Waals surface area contributed by atoms with Gasteiger partial charge in [0.2, 0.25) is 0 Å². The van der Waals surface area contributed by atoms with Gasteiger partial charge in [0.05, 0.1) is 11.4 Å². The topological polar surface area (TPSA) is 25.8 Å². The maximum atomic E-state index is 5.15. The lowest BCUT2D eigenvalue weighted by Gasteiger charge is -2.40. The molecule has 7 aromatic rings. The second-order valence-corrected chi connectivity index (χ2v) is 15.7. The zero-order valence-corrected chi connectivity index (χ0v) is 29.6. The van der Waals surface area contributed by atoms with Crippen LogP contribution in [0.5, 0.6) is 0 Å². The molecule has 0 bridgehead atoms. The standard InChI is InChI=1S/C47H38N2S/c1-46(2)36-21-13-11-19-34(36)44(35-20-12-14-22-37(35)46)32-23-25-42-38(27-32)47(3,4)39-28-33(24-26-43(39)50-42)45-48-40(30-15-7-5-8-16-30)29-41(49-45)31-17-9-6-10-18-31/h5-29,44H,1-4H3. The van der Waals surface area contributed by atoms with Crippen LogP contribution < -0.4 is 0 Å². The molecule has 0 N–H and O–H groups in total. The summed E-state index contributed by atoms with van der Waals surface area (Å²) in [6.07, 6.45) is 0. The van der Waals surface area contributed by atoms with Crippen LogP contribution in [0.2, 0.25) is 0 Å². The zero-order chi connectivity index (χ0) is 34.0. The van der Waals surface area contributed by atoms with Gasteiger partial charge in [0.25, 0.3) is 0 Å². The number of hydrogen-bond acceptors (Lipinski definition) is 3. The average Bonchev–Trinajstić information content (AvgIpc) is 3.16. The Morgan fingerprint density at radius 2 is 0.920 bits per heavy atom. The van der Waals surface area contributed by atoms with Gasteiger partial charge in [-0.2, -0.15) is 0 Å². The fraction of sp³-hybridized carbons (Fsp3) is 0.149. The van der Waals surface area contributed by atoms with E-state index >= 15 is 0 Å². The van der Waals surface area contributed by atoms with Crippen LogP contribution in [0.25, 0.3) is 33.9 Å². The molecular formula is C47H38N2S. The van der Waals surface area contributed by atoms with Crippen molar-refractivity contribution < 1.29 is 0 Å². The van der Waals surface area contributed by atoms with Gasteiger partial charge in [-0.05, 0) is 63.2 Å². The summed E-state index contributed by atoms with van der Waals surface area (Å²) < 4.78 is 0. The van der Waals surface area contributed by atoms with Gasteiger partial charge < -0.3 is 0 Å². The van der Waals surface area contributed by atoms with E-state index in [1.54, 1.807) is 0 Å². The molecule has 3 heteroatoms. The second kappa shape index (κ2) is 11.7. The normalized spacial score (nSPS) is 15.4. The fourth-order valence-electron chi connectivity index (χ4n) is 8.21. The largest absolute Gasteiger partial charge is 0.228 e. The van der Waals surface area contributed by atoms with E-state index in [1.807, 2.05) is 23.9 Å². The molecule has 1 aliphatic heterocycles. The van der Waals surface area contributed by atoms with Crippen LogP contribution in [0.1, 0.15) is 72.6 Å². The Hall–Kier alpha value is -5.25. The molecule has 2 heterocycles. The van der Waals surface area contributed by atoms with Crippen molar-refractivity contribution in [3.63, 3.8) is 0 Å². The quantitative estimate of drug-likeness (QED) is 0.188. The van der Waals surface area contributed by atoms with Gasteiger partial charge in [-0.15, -0.1) is 0 Å². The van der Waals surface area contributed by atoms with Crippen LogP contribution in [0, 0.1) is 0 Å². The van der Waals surface area contributed by atoms with Crippen LogP contribution in [0.15, 0.2) is 161 Å². The summed E-state index contributed by atoms with van der Waals surface area (Å²) in [5.41, 5.74) is 14.4. The summed E-state index contributed by atoms with van der Waals surface area (Å²) >= 11 is 1.87. The molecule has 0 saturated heterocycles. The van der Waals surface area contributed by atoms with Gasteiger partial charge in [-0.1, -0.05) is 167 Å². The lowest BCUT2D eigenvalue weighted by Crippen LogP contribution is -2.30. The molecule has 0 amide bonds. The van der Waals surface area contributed by atoms with Gasteiger partial charge in [-0.25, -0.2) is 9.97 Å². The van der Waals surface area contributed by atoms with E-state index in [2.05, 4.69) is 167 Å². The summed E-state index contributed by atoms with van der Waals surface area (Å²) in [6.45, 7) is 9.48. The van der Waals surface area contributed by atoms with Crippen molar-refractivity contribution in [2.45, 2.75) is 54.2 Å². The van der Waals surface area contributed by atoms with E-state index in [4.69, 9.17) is 9.97 Å². The smallest absolute Gasteiger partial charge is 0.160 e. The number of fused-ring (bicyclic) bond motifs is 4. The van der Waals surface area contributed by atoms with Crippen molar-refractivity contribution in [2.24, 2.45) is 0 Å². The van der Waals surface area contributed by atoms with Crippen LogP contribution in [-0.2, 0) is 10.8 Å². The minimum atomic E-state index is -0.228. The van der Waals surface area contributed by atoms with Crippen LogP contribution in [0.3, 0.4) is 0 Å². The third-order valence-electron chi connectivity index (χ3n) is 10.9. The number of benzene rings is 6. The van der Waals surface area contributed by atoms with E-state index in [0.29, 0.717) is 0 Å².